The first kappa shape index (κ1) is 11.5. The summed E-state index contributed by atoms with van der Waals surface area (Å²) in [5, 5.41) is 3.58. The Bertz CT molecular complexity index is 509. The second-order valence-corrected chi connectivity index (χ2v) is 6.47. The third-order valence-electron chi connectivity index (χ3n) is 4.97. The van der Waals surface area contributed by atoms with E-state index in [-0.39, 0.29) is 11.7 Å². The van der Waals surface area contributed by atoms with Crippen LogP contribution in [0.1, 0.15) is 37.9 Å². The number of rotatable bonds is 3. The minimum absolute atomic E-state index is 0.0870. The molecule has 3 nitrogen and oxygen atoms in total. The Morgan fingerprint density at radius 2 is 2.00 bits per heavy atom. The molecular weight excluding hydrogens is 236 g/mol. The van der Waals surface area contributed by atoms with Gasteiger partial charge in [-0.3, -0.25) is 10.1 Å². The number of hydrogen-bond donors (Lipinski definition) is 1. The van der Waals surface area contributed by atoms with Crippen molar-refractivity contribution < 1.29 is 4.79 Å². The van der Waals surface area contributed by atoms with Gasteiger partial charge in [0.2, 0.25) is 5.91 Å². The van der Waals surface area contributed by atoms with Gasteiger partial charge in [-0.15, -0.1) is 0 Å². The summed E-state index contributed by atoms with van der Waals surface area (Å²) in [7, 11) is 0. The van der Waals surface area contributed by atoms with Gasteiger partial charge in [-0.1, -0.05) is 37.3 Å². The van der Waals surface area contributed by atoms with E-state index in [1.807, 2.05) is 6.07 Å². The van der Waals surface area contributed by atoms with E-state index in [0.717, 1.165) is 25.3 Å². The van der Waals surface area contributed by atoms with Crippen molar-refractivity contribution in [1.82, 2.24) is 10.2 Å². The molecule has 3 heteroatoms. The molecule has 0 radical (unpaired) electrons. The maximum absolute atomic E-state index is 12.6. The largest absolute Gasteiger partial charge is 0.321 e. The van der Waals surface area contributed by atoms with Crippen molar-refractivity contribution >= 4 is 5.91 Å². The molecule has 1 aromatic rings. The molecule has 3 fully saturated rings. The smallest absolute Gasteiger partial charge is 0.244 e. The van der Waals surface area contributed by atoms with E-state index >= 15 is 0 Å². The molecule has 1 aromatic carbocycles. The fourth-order valence-corrected chi connectivity index (χ4v) is 3.27. The van der Waals surface area contributed by atoms with Crippen molar-refractivity contribution in [2.45, 2.75) is 37.9 Å². The summed E-state index contributed by atoms with van der Waals surface area (Å²) in [5.74, 6) is 1.84. The summed E-state index contributed by atoms with van der Waals surface area (Å²) in [6.07, 6.45) is 3.37. The Hall–Kier alpha value is -1.35. The van der Waals surface area contributed by atoms with Gasteiger partial charge in [-0.2, -0.15) is 0 Å². The van der Waals surface area contributed by atoms with Gasteiger partial charge in [0.05, 0.1) is 0 Å². The van der Waals surface area contributed by atoms with Crippen molar-refractivity contribution in [3.8, 4) is 0 Å². The van der Waals surface area contributed by atoms with E-state index in [1.165, 1.54) is 12.0 Å². The highest BCUT2D eigenvalue weighted by Crippen LogP contribution is 2.48. The van der Waals surface area contributed by atoms with Crippen LogP contribution in [0.2, 0.25) is 0 Å². The lowest BCUT2D eigenvalue weighted by atomic mass is 10.1. The van der Waals surface area contributed by atoms with Crippen LogP contribution in [0.15, 0.2) is 30.3 Å². The number of amides is 1. The van der Waals surface area contributed by atoms with Crippen LogP contribution in [0.3, 0.4) is 0 Å². The monoisotopic (exact) mass is 256 g/mol. The third kappa shape index (κ3) is 1.79. The third-order valence-corrected chi connectivity index (χ3v) is 4.97. The molecule has 0 aromatic heterocycles. The summed E-state index contributed by atoms with van der Waals surface area (Å²) < 4.78 is 0. The summed E-state index contributed by atoms with van der Waals surface area (Å²) in [4.78, 5) is 14.7. The number of nitrogens with one attached hydrogen (secondary N) is 1. The minimum atomic E-state index is -0.210. The van der Waals surface area contributed by atoms with Crippen molar-refractivity contribution in [2.24, 2.45) is 11.8 Å². The van der Waals surface area contributed by atoms with E-state index in [1.54, 1.807) is 0 Å². The molecule has 1 N–H and O–H groups in total. The van der Waals surface area contributed by atoms with Crippen molar-refractivity contribution in [3.63, 3.8) is 0 Å². The average molecular weight is 256 g/mol. The lowest BCUT2D eigenvalue weighted by Gasteiger charge is -2.24. The maximum atomic E-state index is 12.6. The van der Waals surface area contributed by atoms with Crippen LogP contribution in [0.25, 0.3) is 0 Å². The molecule has 19 heavy (non-hydrogen) atoms. The molecule has 3 atom stereocenters. The SMILES string of the molecule is CC1CC1CN1C(=O)C2(CC2)NC1c1ccccc1. The fraction of sp³-hybridized carbons (Fsp3) is 0.562. The molecule has 4 rings (SSSR count). The zero-order chi connectivity index (χ0) is 13.0. The molecule has 1 saturated heterocycles. The lowest BCUT2D eigenvalue weighted by Crippen LogP contribution is -2.33. The lowest BCUT2D eigenvalue weighted by molar-refractivity contribution is -0.131. The highest BCUT2D eigenvalue weighted by atomic mass is 16.2. The Labute approximate surface area is 114 Å². The molecule has 1 amide bonds. The summed E-state index contributed by atoms with van der Waals surface area (Å²) in [5.41, 5.74) is 1.01. The van der Waals surface area contributed by atoms with Crippen LogP contribution < -0.4 is 5.32 Å². The van der Waals surface area contributed by atoms with Gasteiger partial charge in [-0.05, 0) is 36.7 Å². The molecule has 3 unspecified atom stereocenters. The number of carbonyl (C=O) groups excluding carboxylic acids is 1. The first-order valence-electron chi connectivity index (χ1n) is 7.33. The van der Waals surface area contributed by atoms with Gasteiger partial charge in [0.15, 0.2) is 0 Å². The highest BCUT2D eigenvalue weighted by Gasteiger charge is 2.60. The van der Waals surface area contributed by atoms with Crippen LogP contribution in [0.4, 0.5) is 0 Å². The Kier molecular flexibility index (Phi) is 2.31. The van der Waals surface area contributed by atoms with Crippen LogP contribution >= 0.6 is 0 Å². The highest BCUT2D eigenvalue weighted by molar-refractivity contribution is 5.92. The van der Waals surface area contributed by atoms with Gasteiger partial charge in [0.25, 0.3) is 0 Å². The number of hydrogen-bond acceptors (Lipinski definition) is 2. The van der Waals surface area contributed by atoms with Crippen LogP contribution in [0, 0.1) is 11.8 Å². The van der Waals surface area contributed by atoms with Crippen molar-refractivity contribution in [3.05, 3.63) is 35.9 Å². The summed E-state index contributed by atoms with van der Waals surface area (Å²) >= 11 is 0. The number of carbonyl (C=O) groups is 1. The van der Waals surface area contributed by atoms with Crippen molar-refractivity contribution in [2.75, 3.05) is 6.54 Å². The quantitative estimate of drug-likeness (QED) is 0.900. The normalized spacial score (nSPS) is 34.9. The molecule has 3 aliphatic rings. The Balaban J connectivity index is 1.62. The molecule has 2 aliphatic carbocycles. The predicted octanol–water partition coefficient (Wildman–Crippen LogP) is 2.31. The number of nitrogens with zero attached hydrogens (tertiary/aromatic N) is 1. The molecule has 1 aliphatic heterocycles. The van der Waals surface area contributed by atoms with Gasteiger partial charge in [0.1, 0.15) is 11.7 Å². The molecular formula is C16H20N2O. The molecule has 1 spiro atoms. The van der Waals surface area contributed by atoms with E-state index < -0.39 is 0 Å². The van der Waals surface area contributed by atoms with E-state index in [0.29, 0.717) is 11.8 Å². The Morgan fingerprint density at radius 3 is 2.58 bits per heavy atom. The zero-order valence-electron chi connectivity index (χ0n) is 11.3. The molecule has 1 heterocycles. The van der Waals surface area contributed by atoms with Gasteiger partial charge in [-0.25, -0.2) is 0 Å². The van der Waals surface area contributed by atoms with E-state index in [2.05, 4.69) is 41.4 Å². The van der Waals surface area contributed by atoms with Crippen LogP contribution in [-0.4, -0.2) is 22.9 Å². The van der Waals surface area contributed by atoms with Crippen LogP contribution in [0.5, 0.6) is 0 Å². The standard InChI is InChI=1S/C16H20N2O/c1-11-9-13(11)10-18-14(12-5-3-2-4-6-12)17-16(7-8-16)15(18)19/h2-6,11,13-14,17H,7-10H2,1H3. The number of benzene rings is 1. The maximum Gasteiger partial charge on any atom is 0.244 e. The average Bonchev–Trinajstić information content (AvgIpc) is 3.31. The van der Waals surface area contributed by atoms with Gasteiger partial charge < -0.3 is 4.90 Å². The summed E-state index contributed by atoms with van der Waals surface area (Å²) in [6.45, 7) is 3.21. The zero-order valence-corrected chi connectivity index (χ0v) is 11.3. The minimum Gasteiger partial charge on any atom is -0.321 e. The second-order valence-electron chi connectivity index (χ2n) is 6.47. The topological polar surface area (TPSA) is 32.3 Å². The van der Waals surface area contributed by atoms with E-state index in [9.17, 15) is 4.79 Å². The van der Waals surface area contributed by atoms with Gasteiger partial charge >= 0.3 is 0 Å². The van der Waals surface area contributed by atoms with Crippen LogP contribution in [-0.2, 0) is 4.79 Å². The van der Waals surface area contributed by atoms with E-state index in [4.69, 9.17) is 0 Å². The molecule has 2 saturated carbocycles. The second kappa shape index (κ2) is 3.83. The summed E-state index contributed by atoms with van der Waals surface area (Å²) in [6, 6.07) is 10.4. The van der Waals surface area contributed by atoms with Crippen molar-refractivity contribution in [1.29, 1.82) is 0 Å². The molecule has 0 bridgehead atoms. The first-order chi connectivity index (χ1) is 9.20. The Morgan fingerprint density at radius 1 is 1.32 bits per heavy atom. The molecule has 100 valence electrons. The predicted molar refractivity (Wildman–Crippen MR) is 73.3 cm³/mol. The first-order valence-corrected chi connectivity index (χ1v) is 7.33. The fourth-order valence-electron chi connectivity index (χ4n) is 3.27. The van der Waals surface area contributed by atoms with Gasteiger partial charge in [0, 0.05) is 6.54 Å².